The third-order valence-corrected chi connectivity index (χ3v) is 21.2. The standard InChI is InChI=1S/C58H74S6.5C2H6/c1-7-13-19-25-39-35-45-47-37-53(63-57(47)43(29-23-17-11-5)41(55(45)59-39)27-21-15-9-3)51-33-31-49(61-51)50-32-34-52(62-50)54-38-48-46-36-40(26-20-14-8-2)60-56(46)42(28-22-16-10-4)44(58(48)64-54)30-24-18-12-6;5*1-2/h31-38H,7-30H2,1-6H3;5*1-2H3. The summed E-state index contributed by atoms with van der Waals surface area (Å²) >= 11 is 12.5. The second kappa shape index (κ2) is 37.5. The average molecular weight is 1110 g/mol. The smallest absolute Gasteiger partial charge is 0.0455 e. The molecule has 8 rings (SSSR count). The van der Waals surface area contributed by atoms with Gasteiger partial charge in [-0.25, -0.2) is 0 Å². The summed E-state index contributed by atoms with van der Waals surface area (Å²) in [7, 11) is 0. The largest absolute Gasteiger partial charge is 0.140 e. The van der Waals surface area contributed by atoms with Crippen LogP contribution in [0.5, 0.6) is 0 Å². The van der Waals surface area contributed by atoms with Crippen molar-refractivity contribution < 1.29 is 0 Å². The molecule has 0 nitrogen and oxygen atoms in total. The van der Waals surface area contributed by atoms with E-state index in [-0.39, 0.29) is 0 Å². The first-order valence-corrected chi connectivity index (χ1v) is 35.6. The van der Waals surface area contributed by atoms with Crippen LogP contribution in [0.4, 0.5) is 0 Å². The van der Waals surface area contributed by atoms with Gasteiger partial charge in [0.2, 0.25) is 0 Å². The molecule has 0 saturated heterocycles. The molecular weight excluding hydrogens is 1010 g/mol. The van der Waals surface area contributed by atoms with Crippen molar-refractivity contribution in [2.45, 2.75) is 265 Å². The Morgan fingerprint density at radius 2 is 0.473 bits per heavy atom. The summed E-state index contributed by atoms with van der Waals surface area (Å²) in [6.07, 6.45) is 30.7. The highest BCUT2D eigenvalue weighted by atomic mass is 32.1. The first kappa shape index (κ1) is 66.0. The molecule has 0 fully saturated rings. The van der Waals surface area contributed by atoms with E-state index in [0.29, 0.717) is 0 Å². The summed E-state index contributed by atoms with van der Waals surface area (Å²) in [6, 6.07) is 20.1. The Kier molecular flexibility index (Phi) is 33.4. The van der Waals surface area contributed by atoms with E-state index in [1.165, 1.54) is 205 Å². The third kappa shape index (κ3) is 17.3. The molecule has 8 aromatic rings. The molecule has 0 spiro atoms. The molecule has 0 aliphatic rings. The predicted molar refractivity (Wildman–Crippen MR) is 356 cm³/mol. The van der Waals surface area contributed by atoms with Crippen LogP contribution in [0.15, 0.2) is 48.5 Å². The summed E-state index contributed by atoms with van der Waals surface area (Å²) in [5.74, 6) is 0. The predicted octanol–water partition coefficient (Wildman–Crippen LogP) is 27.2. The van der Waals surface area contributed by atoms with Gasteiger partial charge in [-0.15, -0.1) is 68.0 Å². The number of benzene rings is 2. The Morgan fingerprint density at radius 3 is 0.743 bits per heavy atom. The number of hydrogen-bond donors (Lipinski definition) is 0. The minimum Gasteiger partial charge on any atom is -0.140 e. The second-order valence-corrected chi connectivity index (χ2v) is 25.1. The molecular formula is C68H104S6. The highest BCUT2D eigenvalue weighted by molar-refractivity contribution is 7.31. The molecule has 0 radical (unpaired) electrons. The first-order valence-electron chi connectivity index (χ1n) is 30.7. The first-order chi connectivity index (χ1) is 36.5. The van der Waals surface area contributed by atoms with Crippen molar-refractivity contribution in [3.63, 3.8) is 0 Å². The third-order valence-electron chi connectivity index (χ3n) is 13.6. The number of thiophene rings is 6. The lowest BCUT2D eigenvalue weighted by Gasteiger charge is -2.13. The molecule has 0 N–H and O–H groups in total. The Bertz CT molecular complexity index is 2530. The topological polar surface area (TPSA) is 0 Å². The Balaban J connectivity index is 0.00000136. The van der Waals surface area contributed by atoms with Gasteiger partial charge in [-0.2, -0.15) is 0 Å². The van der Waals surface area contributed by atoms with Crippen LogP contribution in [0.3, 0.4) is 0 Å². The number of aryl methyl sites for hydroxylation is 6. The van der Waals surface area contributed by atoms with Crippen molar-refractivity contribution in [1.29, 1.82) is 0 Å². The maximum atomic E-state index is 2.60. The molecule has 412 valence electrons. The van der Waals surface area contributed by atoms with Crippen molar-refractivity contribution in [2.75, 3.05) is 0 Å². The van der Waals surface area contributed by atoms with Gasteiger partial charge in [0.05, 0.1) is 0 Å². The minimum absolute atomic E-state index is 1.22. The fourth-order valence-electron chi connectivity index (χ4n) is 9.97. The minimum atomic E-state index is 1.22. The molecule has 6 heterocycles. The molecule has 0 aliphatic heterocycles. The van der Waals surface area contributed by atoms with Crippen LogP contribution in [0, 0.1) is 0 Å². The Hall–Kier alpha value is -2.32. The fourth-order valence-corrected chi connectivity index (χ4v) is 17.4. The summed E-state index contributed by atoms with van der Waals surface area (Å²) in [6.45, 7) is 34.1. The van der Waals surface area contributed by atoms with Gasteiger partial charge in [-0.1, -0.05) is 188 Å². The zero-order valence-corrected chi connectivity index (χ0v) is 54.9. The molecule has 0 amide bonds. The molecule has 6 heteroatoms. The summed E-state index contributed by atoms with van der Waals surface area (Å²) < 4.78 is 6.38. The number of unbranched alkanes of at least 4 members (excludes halogenated alkanes) is 12. The molecule has 0 atom stereocenters. The molecule has 0 aliphatic carbocycles. The lowest BCUT2D eigenvalue weighted by molar-refractivity contribution is 0.699. The van der Waals surface area contributed by atoms with Gasteiger partial charge >= 0.3 is 0 Å². The Morgan fingerprint density at radius 1 is 0.243 bits per heavy atom. The van der Waals surface area contributed by atoms with Crippen molar-refractivity contribution in [2.24, 2.45) is 0 Å². The van der Waals surface area contributed by atoms with E-state index in [0.717, 1.165) is 0 Å². The van der Waals surface area contributed by atoms with Crippen molar-refractivity contribution in [1.82, 2.24) is 0 Å². The normalized spacial score (nSPS) is 10.9. The average Bonchev–Trinajstić information content (AvgIpc) is 4.32. The van der Waals surface area contributed by atoms with Crippen LogP contribution in [0.2, 0.25) is 0 Å². The van der Waals surface area contributed by atoms with Crippen molar-refractivity contribution in [3.8, 4) is 29.3 Å². The summed E-state index contributed by atoms with van der Waals surface area (Å²) in [5, 5.41) is 6.12. The molecule has 0 saturated carbocycles. The van der Waals surface area contributed by atoms with Crippen molar-refractivity contribution in [3.05, 3.63) is 80.5 Å². The molecule has 2 aromatic carbocycles. The molecule has 0 unspecified atom stereocenters. The fraction of sp³-hybridized carbons (Fsp3) is 0.588. The van der Waals surface area contributed by atoms with Gasteiger partial charge in [0.25, 0.3) is 0 Å². The van der Waals surface area contributed by atoms with Gasteiger partial charge < -0.3 is 0 Å². The zero-order valence-electron chi connectivity index (χ0n) is 50.0. The van der Waals surface area contributed by atoms with Crippen LogP contribution >= 0.6 is 68.0 Å². The van der Waals surface area contributed by atoms with Crippen LogP contribution in [0.25, 0.3) is 69.6 Å². The summed E-state index contributed by atoms with van der Waals surface area (Å²) in [5.41, 5.74) is 6.75. The van der Waals surface area contributed by atoms with Crippen LogP contribution < -0.4 is 0 Å². The van der Waals surface area contributed by atoms with E-state index in [4.69, 9.17) is 0 Å². The molecule has 74 heavy (non-hydrogen) atoms. The van der Waals surface area contributed by atoms with E-state index in [1.54, 1.807) is 50.8 Å². The van der Waals surface area contributed by atoms with E-state index in [1.807, 2.05) is 91.9 Å². The van der Waals surface area contributed by atoms with E-state index in [9.17, 15) is 0 Å². The number of fused-ring (bicyclic) bond motifs is 6. The van der Waals surface area contributed by atoms with Gasteiger partial charge in [0.15, 0.2) is 0 Å². The SMILES string of the molecule is CC.CC.CC.CC.CC.CCCCCc1cc2c(s1)c(CCCCC)c(CCCCC)c1sc(-c3ccc(-c4ccc(-c5cc6c(s5)c(CCCCC)c(CCCCC)c5sc(CCCCC)cc56)s4)s3)cc12. The maximum absolute atomic E-state index is 2.60. The van der Waals surface area contributed by atoms with Crippen LogP contribution in [0.1, 0.15) is 258 Å². The number of hydrogen-bond acceptors (Lipinski definition) is 6. The zero-order chi connectivity index (χ0) is 54.4. The highest BCUT2D eigenvalue weighted by Crippen LogP contribution is 2.50. The van der Waals surface area contributed by atoms with Crippen LogP contribution in [-0.2, 0) is 38.5 Å². The lowest BCUT2D eigenvalue weighted by Crippen LogP contribution is -1.97. The van der Waals surface area contributed by atoms with E-state index in [2.05, 4.69) is 135 Å². The quantitative estimate of drug-likeness (QED) is 0.0450. The number of rotatable bonds is 27. The maximum Gasteiger partial charge on any atom is 0.0455 e. The van der Waals surface area contributed by atoms with E-state index >= 15 is 0 Å². The molecule has 6 aromatic heterocycles. The highest BCUT2D eigenvalue weighted by Gasteiger charge is 2.23. The van der Waals surface area contributed by atoms with E-state index < -0.39 is 0 Å². The van der Waals surface area contributed by atoms with Gasteiger partial charge in [0, 0.05) is 79.4 Å². The molecule has 0 bridgehead atoms. The monoisotopic (exact) mass is 1110 g/mol. The van der Waals surface area contributed by atoms with Crippen molar-refractivity contribution >= 4 is 108 Å². The second-order valence-electron chi connectivity index (χ2n) is 18.6. The Labute approximate surface area is 479 Å². The van der Waals surface area contributed by atoms with Gasteiger partial charge in [-0.05, 0) is 148 Å². The summed E-state index contributed by atoms with van der Waals surface area (Å²) in [4.78, 5) is 11.8. The lowest BCUT2D eigenvalue weighted by atomic mass is 9.93. The van der Waals surface area contributed by atoms with Gasteiger partial charge in [-0.3, -0.25) is 0 Å². The van der Waals surface area contributed by atoms with Gasteiger partial charge in [0.1, 0.15) is 0 Å². The van der Waals surface area contributed by atoms with Crippen LogP contribution in [-0.4, -0.2) is 0 Å².